The molecule has 2 aliphatic carbocycles. The molecule has 0 aliphatic heterocycles. The SMILES string of the molecule is CCc1c(C(=O)NC2C3CCCC2CC(N)C3)[nH]c(C)c1C(C)=O.Cl. The molecule has 25 heavy (non-hydrogen) atoms. The fourth-order valence-corrected chi connectivity index (χ4v) is 4.95. The molecule has 1 aromatic heterocycles. The molecular formula is C19H30ClN3O2. The van der Waals surface area contributed by atoms with Gasteiger partial charge in [0.2, 0.25) is 0 Å². The third-order valence-corrected chi connectivity index (χ3v) is 5.90. The summed E-state index contributed by atoms with van der Waals surface area (Å²) in [6.45, 7) is 5.41. The molecule has 5 nitrogen and oxygen atoms in total. The molecule has 3 rings (SSSR count). The normalized spacial score (nSPS) is 28.2. The molecule has 4 N–H and O–H groups in total. The molecule has 2 fully saturated rings. The van der Waals surface area contributed by atoms with Crippen LogP contribution in [-0.4, -0.2) is 28.8 Å². The van der Waals surface area contributed by atoms with Crippen molar-refractivity contribution in [2.45, 2.75) is 71.4 Å². The van der Waals surface area contributed by atoms with Crippen LogP contribution >= 0.6 is 12.4 Å². The third kappa shape index (κ3) is 3.77. The van der Waals surface area contributed by atoms with Crippen molar-refractivity contribution >= 4 is 24.1 Å². The highest BCUT2D eigenvalue weighted by atomic mass is 35.5. The van der Waals surface area contributed by atoms with Crippen molar-refractivity contribution < 1.29 is 9.59 Å². The van der Waals surface area contributed by atoms with Crippen LogP contribution in [0.15, 0.2) is 0 Å². The second kappa shape index (κ2) is 7.92. The minimum Gasteiger partial charge on any atom is -0.354 e. The van der Waals surface area contributed by atoms with Gasteiger partial charge in [-0.25, -0.2) is 0 Å². The number of carbonyl (C=O) groups excluding carboxylic acids is 2. The maximum absolute atomic E-state index is 12.9. The molecule has 2 unspecified atom stereocenters. The molecule has 0 radical (unpaired) electrons. The lowest BCUT2D eigenvalue weighted by atomic mass is 9.67. The molecule has 2 aliphatic rings. The number of H-pyrrole nitrogens is 1. The van der Waals surface area contributed by atoms with Gasteiger partial charge in [0.25, 0.3) is 5.91 Å². The second-order valence-electron chi connectivity index (χ2n) is 7.57. The fraction of sp³-hybridized carbons (Fsp3) is 0.684. The average molecular weight is 368 g/mol. The van der Waals surface area contributed by atoms with Crippen molar-refractivity contribution in [1.29, 1.82) is 0 Å². The van der Waals surface area contributed by atoms with Crippen LogP contribution in [0.4, 0.5) is 0 Å². The summed E-state index contributed by atoms with van der Waals surface area (Å²) in [5.41, 5.74) is 9.04. The van der Waals surface area contributed by atoms with E-state index in [-0.39, 0.29) is 36.2 Å². The van der Waals surface area contributed by atoms with Crippen LogP contribution in [0.25, 0.3) is 0 Å². The Kier molecular flexibility index (Phi) is 6.33. The minimum atomic E-state index is -0.0696. The zero-order valence-corrected chi connectivity index (χ0v) is 16.2. The summed E-state index contributed by atoms with van der Waals surface area (Å²) in [7, 11) is 0. The smallest absolute Gasteiger partial charge is 0.268 e. The molecule has 0 aromatic carbocycles. The molecule has 140 valence electrons. The number of hydrogen-bond donors (Lipinski definition) is 3. The zero-order chi connectivity index (χ0) is 17.4. The Morgan fingerprint density at radius 3 is 2.36 bits per heavy atom. The summed E-state index contributed by atoms with van der Waals surface area (Å²) in [4.78, 5) is 28.0. The molecule has 1 aromatic rings. The van der Waals surface area contributed by atoms with E-state index in [2.05, 4.69) is 10.3 Å². The molecular weight excluding hydrogens is 338 g/mol. The highest BCUT2D eigenvalue weighted by Crippen LogP contribution is 2.39. The summed E-state index contributed by atoms with van der Waals surface area (Å²) in [5.74, 6) is 0.926. The van der Waals surface area contributed by atoms with E-state index >= 15 is 0 Å². The number of amides is 1. The molecule has 2 bridgehead atoms. The number of halogens is 1. The van der Waals surface area contributed by atoms with E-state index in [9.17, 15) is 9.59 Å². The number of rotatable bonds is 4. The molecule has 0 spiro atoms. The van der Waals surface area contributed by atoms with Crippen LogP contribution in [0, 0.1) is 18.8 Å². The Morgan fingerprint density at radius 1 is 1.24 bits per heavy atom. The van der Waals surface area contributed by atoms with Gasteiger partial charge in [-0.3, -0.25) is 9.59 Å². The predicted octanol–water partition coefficient (Wildman–Crippen LogP) is 3.15. The molecule has 1 amide bonds. The van der Waals surface area contributed by atoms with E-state index in [1.165, 1.54) is 6.42 Å². The van der Waals surface area contributed by atoms with Crippen molar-refractivity contribution in [2.75, 3.05) is 0 Å². The lowest BCUT2D eigenvalue weighted by Crippen LogP contribution is -2.53. The number of aryl methyl sites for hydroxylation is 1. The van der Waals surface area contributed by atoms with Crippen LogP contribution in [0.5, 0.6) is 0 Å². The topological polar surface area (TPSA) is 88.0 Å². The van der Waals surface area contributed by atoms with Crippen LogP contribution in [-0.2, 0) is 6.42 Å². The van der Waals surface area contributed by atoms with Gasteiger partial charge in [0.15, 0.2) is 5.78 Å². The lowest BCUT2D eigenvalue weighted by Gasteiger charge is -2.45. The Hall–Kier alpha value is -1.33. The minimum absolute atomic E-state index is 0. The van der Waals surface area contributed by atoms with E-state index < -0.39 is 0 Å². The van der Waals surface area contributed by atoms with Gasteiger partial charge in [0.1, 0.15) is 5.69 Å². The molecule has 0 saturated heterocycles. The first-order chi connectivity index (χ1) is 11.4. The van der Waals surface area contributed by atoms with Gasteiger partial charge in [-0.2, -0.15) is 0 Å². The monoisotopic (exact) mass is 367 g/mol. The Morgan fingerprint density at radius 2 is 1.84 bits per heavy atom. The van der Waals surface area contributed by atoms with Gasteiger partial charge in [-0.15, -0.1) is 12.4 Å². The Balaban J connectivity index is 0.00000225. The van der Waals surface area contributed by atoms with Gasteiger partial charge in [0, 0.05) is 23.3 Å². The van der Waals surface area contributed by atoms with Crippen LogP contribution < -0.4 is 11.1 Å². The van der Waals surface area contributed by atoms with Gasteiger partial charge in [-0.05, 0) is 63.4 Å². The number of fused-ring (bicyclic) bond motifs is 2. The van der Waals surface area contributed by atoms with E-state index in [1.54, 1.807) is 6.92 Å². The highest BCUT2D eigenvalue weighted by Gasteiger charge is 2.40. The number of aromatic nitrogens is 1. The highest BCUT2D eigenvalue weighted by molar-refractivity contribution is 6.02. The number of hydrogen-bond acceptors (Lipinski definition) is 3. The van der Waals surface area contributed by atoms with E-state index in [0.29, 0.717) is 29.5 Å². The quantitative estimate of drug-likeness (QED) is 0.714. The predicted molar refractivity (Wildman–Crippen MR) is 101 cm³/mol. The molecule has 2 saturated carbocycles. The van der Waals surface area contributed by atoms with Crippen molar-refractivity contribution in [2.24, 2.45) is 17.6 Å². The number of nitrogens with two attached hydrogens (primary N) is 1. The Labute approximate surface area is 155 Å². The number of Topliss-reactive ketones (excluding diaryl/α,β-unsaturated/α-hetero) is 1. The van der Waals surface area contributed by atoms with E-state index in [4.69, 9.17) is 5.73 Å². The number of ketones is 1. The Bertz CT molecular complexity index is 641. The van der Waals surface area contributed by atoms with Gasteiger partial charge >= 0.3 is 0 Å². The summed E-state index contributed by atoms with van der Waals surface area (Å²) >= 11 is 0. The first kappa shape index (κ1) is 20.0. The van der Waals surface area contributed by atoms with Gasteiger partial charge in [0.05, 0.1) is 0 Å². The number of aromatic amines is 1. The summed E-state index contributed by atoms with van der Waals surface area (Å²) < 4.78 is 0. The van der Waals surface area contributed by atoms with Crippen LogP contribution in [0.3, 0.4) is 0 Å². The lowest BCUT2D eigenvalue weighted by molar-refractivity contribution is 0.0751. The van der Waals surface area contributed by atoms with Gasteiger partial charge < -0.3 is 16.0 Å². The van der Waals surface area contributed by atoms with Crippen LogP contribution in [0.1, 0.15) is 78.1 Å². The van der Waals surface area contributed by atoms with Crippen molar-refractivity contribution in [3.05, 3.63) is 22.5 Å². The summed E-state index contributed by atoms with van der Waals surface area (Å²) in [5, 5.41) is 3.27. The first-order valence-electron chi connectivity index (χ1n) is 9.21. The molecule has 2 atom stereocenters. The average Bonchev–Trinajstić information content (AvgIpc) is 2.85. The summed E-state index contributed by atoms with van der Waals surface area (Å²) in [6.07, 6.45) is 6.22. The molecule has 6 heteroatoms. The van der Waals surface area contributed by atoms with Gasteiger partial charge in [-0.1, -0.05) is 13.3 Å². The van der Waals surface area contributed by atoms with E-state index in [1.807, 2.05) is 13.8 Å². The largest absolute Gasteiger partial charge is 0.354 e. The standard InChI is InChI=1S/C19H29N3O2.ClH/c1-4-15-16(11(3)23)10(2)21-18(15)19(24)22-17-12-6-5-7-13(17)9-14(20)8-12;/h12-14,17,21H,4-9,20H2,1-3H3,(H,22,24);1H. The zero-order valence-electron chi connectivity index (χ0n) is 15.4. The number of nitrogens with one attached hydrogen (secondary N) is 2. The summed E-state index contributed by atoms with van der Waals surface area (Å²) in [6, 6.07) is 0.497. The van der Waals surface area contributed by atoms with E-state index in [0.717, 1.165) is 36.9 Å². The van der Waals surface area contributed by atoms with Crippen molar-refractivity contribution in [3.63, 3.8) is 0 Å². The third-order valence-electron chi connectivity index (χ3n) is 5.90. The number of carbonyl (C=O) groups is 2. The van der Waals surface area contributed by atoms with Crippen molar-refractivity contribution in [3.8, 4) is 0 Å². The first-order valence-corrected chi connectivity index (χ1v) is 9.21. The van der Waals surface area contributed by atoms with Crippen molar-refractivity contribution in [1.82, 2.24) is 10.3 Å². The maximum Gasteiger partial charge on any atom is 0.268 e. The fourth-order valence-electron chi connectivity index (χ4n) is 4.95. The molecule has 1 heterocycles. The maximum atomic E-state index is 12.9. The second-order valence-corrected chi connectivity index (χ2v) is 7.57. The van der Waals surface area contributed by atoms with Crippen LogP contribution in [0.2, 0.25) is 0 Å².